The summed E-state index contributed by atoms with van der Waals surface area (Å²) in [6.07, 6.45) is 0. The Morgan fingerprint density at radius 1 is 0.149 bits per heavy atom. The fourth-order valence-corrected chi connectivity index (χ4v) is 23.8. The third kappa shape index (κ3) is 11.9. The Morgan fingerprint density at radius 2 is 0.366 bits per heavy atom. The molecule has 0 fully saturated rings. The lowest BCUT2D eigenvalue weighted by Crippen LogP contribution is -2.16. The highest BCUT2D eigenvalue weighted by Gasteiger charge is 2.41. The second-order valence-electron chi connectivity index (χ2n) is 39.2. The maximum atomic E-state index is 2.50. The predicted octanol–water partition coefficient (Wildman–Crippen LogP) is 35.0. The molecule has 22 aromatic rings. The van der Waals surface area contributed by atoms with Crippen LogP contribution < -0.4 is 19.6 Å². The number of hydrogen-bond acceptors (Lipinski definition) is 4. The molecule has 0 saturated carbocycles. The van der Waals surface area contributed by atoms with E-state index in [9.17, 15) is 0 Å². The largest absolute Gasteiger partial charge is 0.310 e. The highest BCUT2D eigenvalue weighted by Crippen LogP contribution is 2.58. The van der Waals surface area contributed by atoms with Crippen molar-refractivity contribution in [2.45, 2.75) is 77.0 Å². The summed E-state index contributed by atoms with van der Waals surface area (Å²) in [6.45, 7) is 19.0. The van der Waals surface area contributed by atoms with Crippen molar-refractivity contribution in [3.05, 3.63) is 481 Å². The molecular weight excluding hydrogens is 1620 g/mol. The van der Waals surface area contributed by atoms with Gasteiger partial charge in [-0.15, -0.1) is 0 Å². The van der Waals surface area contributed by atoms with E-state index in [1.807, 2.05) is 0 Å². The van der Waals surface area contributed by atoms with Gasteiger partial charge in [0.1, 0.15) is 0 Å². The molecule has 0 spiro atoms. The summed E-state index contributed by atoms with van der Waals surface area (Å²) < 4.78 is 5.01. The van der Waals surface area contributed by atoms with E-state index in [1.165, 1.54) is 111 Å². The minimum absolute atomic E-state index is 0.187. The van der Waals surface area contributed by atoms with Crippen molar-refractivity contribution in [2.24, 2.45) is 0 Å². The van der Waals surface area contributed by atoms with Gasteiger partial charge in [-0.3, -0.25) is 0 Å². The summed E-state index contributed by atoms with van der Waals surface area (Å²) in [7, 11) is 0. The van der Waals surface area contributed by atoms with E-state index < -0.39 is 0 Å². The van der Waals surface area contributed by atoms with Gasteiger partial charge in [0.05, 0.1) is 22.1 Å². The number of nitrogens with zero attached hydrogens (tertiary/aromatic N) is 6. The first-order chi connectivity index (χ1) is 65.5. The van der Waals surface area contributed by atoms with Crippen LogP contribution in [0.2, 0.25) is 0 Å². The average molecular weight is 1720 g/mol. The Kier molecular flexibility index (Phi) is 17.4. The lowest BCUT2D eigenvalue weighted by molar-refractivity contribution is 0.660. The molecule has 6 nitrogen and oxygen atoms in total. The topological polar surface area (TPSA) is 22.8 Å². The zero-order chi connectivity index (χ0) is 89.8. The fraction of sp³-hybridized carbons (Fsp3) is 0.0938. The Balaban J connectivity index is 0.617. The molecule has 0 amide bonds. The molecule has 6 heteroatoms. The first-order valence-electron chi connectivity index (χ1n) is 47.1. The number of aromatic nitrogens is 2. The smallest absolute Gasteiger partial charge is 0.0542 e. The first-order valence-corrected chi connectivity index (χ1v) is 47.1. The summed E-state index contributed by atoms with van der Waals surface area (Å²) in [5.74, 6) is 0. The van der Waals surface area contributed by atoms with E-state index in [2.05, 4.69) is 521 Å². The second-order valence-corrected chi connectivity index (χ2v) is 39.2. The van der Waals surface area contributed by atoms with Crippen LogP contribution in [0.15, 0.2) is 437 Å². The Labute approximate surface area is 782 Å². The minimum Gasteiger partial charge on any atom is -0.310 e. The molecule has 0 radical (unpaired) electrons. The van der Waals surface area contributed by atoms with Crippen molar-refractivity contribution in [1.82, 2.24) is 9.13 Å². The van der Waals surface area contributed by atoms with Gasteiger partial charge in [0.15, 0.2) is 0 Å². The SMILES string of the molecule is CC1(C)c2ccccc2-c2ccc(N(c3ccccc3)c3ccc4c(c3)c3cc(N(c5ccccc5)c5ccc6c(c5)C(C)(C)c5ccccc5-6)ccc3n4-c3ccc4c(-c5cccc6cc(-n7c8ccc(N(c9ccccc9)c9ccc%10c(c9)C(C)(C)c9ccccc9-%10)cc8c8cc(N(c9ccccc9)c9ccc%10c(c9)C(C)(C)c9ccccc9-%10)ccc87)ccc56)cccc4c3)cc21. The van der Waals surface area contributed by atoms with Crippen molar-refractivity contribution in [3.8, 4) is 67.0 Å². The molecule has 134 heavy (non-hydrogen) atoms. The highest BCUT2D eigenvalue weighted by molar-refractivity contribution is 6.15. The van der Waals surface area contributed by atoms with Crippen molar-refractivity contribution in [2.75, 3.05) is 19.6 Å². The van der Waals surface area contributed by atoms with Gasteiger partial charge in [0.2, 0.25) is 0 Å². The normalized spacial score (nSPS) is 14.1. The fourth-order valence-electron chi connectivity index (χ4n) is 23.8. The molecule has 638 valence electrons. The number of hydrogen-bond donors (Lipinski definition) is 0. The standard InChI is InChI=1S/C128H96N6/c1-125(2)113-47-25-21-41-101(113)105-63-53-93(77-117(105)125)129(83-33-13-9-14-34-83)89-57-67-121-109(73-89)110-74-90(130(84-35-15-10-16-36-84)94-54-64-106-102-42-22-26-48-114(102)126(3,4)118(106)78-94)58-68-122(110)133(121)87-51-61-97-81(71-87)31-29-45-99(97)100-46-30-32-82-72-88(52-62-98(82)100)134-123-69-59-91(131(85-37-17-11-18-38-85)95-55-65-107-103-43-23-27-49-115(103)127(5,6)119(107)79-95)75-111(123)112-76-92(60-70-124(112)134)132(86-39-19-12-20-40-86)96-56-66-108-104-44-24-28-50-116(104)128(7,8)120(108)80-96/h9-80H,1-8H3. The van der Waals surface area contributed by atoms with Gasteiger partial charge < -0.3 is 28.7 Å². The number of benzene rings is 20. The van der Waals surface area contributed by atoms with Crippen LogP contribution in [0, 0.1) is 0 Å². The molecule has 0 unspecified atom stereocenters. The molecule has 26 rings (SSSR count). The lowest BCUT2D eigenvalue weighted by Gasteiger charge is -2.28. The van der Waals surface area contributed by atoms with Gasteiger partial charge in [-0.25, -0.2) is 0 Å². The van der Waals surface area contributed by atoms with Crippen molar-refractivity contribution in [3.63, 3.8) is 0 Å². The van der Waals surface area contributed by atoms with Crippen molar-refractivity contribution < 1.29 is 0 Å². The number of rotatable bonds is 15. The summed E-state index contributed by atoms with van der Waals surface area (Å²) >= 11 is 0. The molecular formula is C128H96N6. The highest BCUT2D eigenvalue weighted by atomic mass is 15.2. The molecule has 2 heterocycles. The van der Waals surface area contributed by atoms with E-state index in [4.69, 9.17) is 0 Å². The van der Waals surface area contributed by atoms with Crippen LogP contribution >= 0.6 is 0 Å². The van der Waals surface area contributed by atoms with E-state index >= 15 is 0 Å². The zero-order valence-corrected chi connectivity index (χ0v) is 76.3. The molecule has 0 N–H and O–H groups in total. The molecule has 0 atom stereocenters. The lowest BCUT2D eigenvalue weighted by atomic mass is 9.82. The molecule has 0 bridgehead atoms. The summed E-state index contributed by atoms with van der Waals surface area (Å²) in [4.78, 5) is 9.83. The van der Waals surface area contributed by atoms with Gasteiger partial charge in [-0.2, -0.15) is 0 Å². The van der Waals surface area contributed by atoms with Crippen LogP contribution in [0.1, 0.15) is 99.9 Å². The summed E-state index contributed by atoms with van der Waals surface area (Å²) in [5.41, 5.74) is 42.6. The van der Waals surface area contributed by atoms with Crippen LogP contribution in [0.25, 0.3) is 132 Å². The van der Waals surface area contributed by atoms with E-state index in [1.54, 1.807) is 0 Å². The van der Waals surface area contributed by atoms with Gasteiger partial charge in [-0.1, -0.05) is 298 Å². The monoisotopic (exact) mass is 1720 g/mol. The Morgan fingerprint density at radius 3 is 0.627 bits per heavy atom. The minimum atomic E-state index is -0.187. The van der Waals surface area contributed by atoms with E-state index in [0.717, 1.165) is 134 Å². The Hall–Kier alpha value is -16.3. The molecule has 20 aromatic carbocycles. The van der Waals surface area contributed by atoms with Gasteiger partial charge in [-0.05, 0) is 316 Å². The third-order valence-corrected chi connectivity index (χ3v) is 30.4. The van der Waals surface area contributed by atoms with Gasteiger partial charge >= 0.3 is 0 Å². The Bertz CT molecular complexity index is 7720. The number of fused-ring (bicyclic) bond motifs is 20. The second kappa shape index (κ2) is 29.6. The summed E-state index contributed by atoms with van der Waals surface area (Å²) in [6, 6.07) is 165. The number of anilines is 12. The molecule has 2 aromatic heterocycles. The number of para-hydroxylation sites is 4. The first kappa shape index (κ1) is 78.7. The van der Waals surface area contributed by atoms with Crippen molar-refractivity contribution >= 4 is 133 Å². The van der Waals surface area contributed by atoms with Crippen molar-refractivity contribution in [1.29, 1.82) is 0 Å². The van der Waals surface area contributed by atoms with Crippen LogP contribution in [0.5, 0.6) is 0 Å². The molecule has 4 aliphatic rings. The van der Waals surface area contributed by atoms with Crippen LogP contribution in [0.4, 0.5) is 68.2 Å². The maximum absolute atomic E-state index is 2.50. The van der Waals surface area contributed by atoms with Crippen LogP contribution in [-0.4, -0.2) is 9.13 Å². The van der Waals surface area contributed by atoms with Crippen LogP contribution in [-0.2, 0) is 21.7 Å². The molecule has 4 aliphatic carbocycles. The quantitative estimate of drug-likeness (QED) is 0.102. The molecule has 0 saturated heterocycles. The van der Waals surface area contributed by atoms with E-state index in [0.29, 0.717) is 0 Å². The van der Waals surface area contributed by atoms with Gasteiger partial charge in [0.25, 0.3) is 0 Å². The zero-order valence-electron chi connectivity index (χ0n) is 76.3. The van der Waals surface area contributed by atoms with Gasteiger partial charge in [0, 0.05) is 123 Å². The third-order valence-electron chi connectivity index (χ3n) is 30.4. The summed E-state index contributed by atoms with van der Waals surface area (Å²) in [5, 5.41) is 9.29. The maximum Gasteiger partial charge on any atom is 0.0542 e. The predicted molar refractivity (Wildman–Crippen MR) is 565 cm³/mol. The average Bonchev–Trinajstić information content (AvgIpc) is 1.58. The molecule has 0 aliphatic heterocycles. The van der Waals surface area contributed by atoms with Crippen LogP contribution in [0.3, 0.4) is 0 Å². The van der Waals surface area contributed by atoms with E-state index in [-0.39, 0.29) is 21.7 Å².